The van der Waals surface area contributed by atoms with Gasteiger partial charge in [-0.25, -0.2) is 4.79 Å². The number of alkyl carbamates (subject to hydrolysis) is 1. The van der Waals surface area contributed by atoms with Crippen molar-refractivity contribution in [3.63, 3.8) is 0 Å². The van der Waals surface area contributed by atoms with Gasteiger partial charge in [0.15, 0.2) is 0 Å². The van der Waals surface area contributed by atoms with Gasteiger partial charge in [0.1, 0.15) is 0 Å². The van der Waals surface area contributed by atoms with Crippen molar-refractivity contribution in [1.29, 1.82) is 0 Å². The van der Waals surface area contributed by atoms with Crippen molar-refractivity contribution >= 4 is 12.0 Å². The summed E-state index contributed by atoms with van der Waals surface area (Å²) in [5.41, 5.74) is 0. The van der Waals surface area contributed by atoms with Crippen molar-refractivity contribution < 1.29 is 14.3 Å². The first-order chi connectivity index (χ1) is 8.61. The lowest BCUT2D eigenvalue weighted by Gasteiger charge is -2.41. The number of hydrogen-bond donors (Lipinski definition) is 1. The van der Waals surface area contributed by atoms with Crippen LogP contribution in [-0.4, -0.2) is 42.6 Å². The average molecular weight is 254 g/mol. The minimum Gasteiger partial charge on any atom is -0.449 e. The molecule has 0 aliphatic carbocycles. The molecule has 1 N–H and O–H groups in total. The molecule has 0 aromatic carbocycles. The van der Waals surface area contributed by atoms with Crippen LogP contribution >= 0.6 is 0 Å². The van der Waals surface area contributed by atoms with Crippen molar-refractivity contribution in [2.45, 2.75) is 39.2 Å². The summed E-state index contributed by atoms with van der Waals surface area (Å²) in [5, 5.41) is 2.82. The number of rotatable bonds is 3. The maximum absolute atomic E-state index is 12.2. The van der Waals surface area contributed by atoms with E-state index in [9.17, 15) is 9.59 Å². The molecule has 2 fully saturated rings. The Morgan fingerprint density at radius 2 is 2.39 bits per heavy atom. The highest BCUT2D eigenvalue weighted by Gasteiger charge is 2.37. The lowest BCUT2D eigenvalue weighted by molar-refractivity contribution is -0.137. The maximum Gasteiger partial charge on any atom is 0.407 e. The summed E-state index contributed by atoms with van der Waals surface area (Å²) in [6.07, 6.45) is 2.51. The molecule has 0 bridgehead atoms. The SMILES string of the molecule is CCCC(C)C(=O)N1CC[C@@H]2COC(=O)N[C@H]2C1. The van der Waals surface area contributed by atoms with Crippen molar-refractivity contribution in [3.05, 3.63) is 0 Å². The number of piperidine rings is 1. The van der Waals surface area contributed by atoms with Crippen molar-refractivity contribution in [2.75, 3.05) is 19.7 Å². The second-order valence-electron chi connectivity index (χ2n) is 5.37. The van der Waals surface area contributed by atoms with Gasteiger partial charge in [-0.2, -0.15) is 0 Å². The van der Waals surface area contributed by atoms with E-state index in [1.165, 1.54) is 0 Å². The molecule has 5 heteroatoms. The predicted molar refractivity (Wildman–Crippen MR) is 67.0 cm³/mol. The van der Waals surface area contributed by atoms with Crippen LogP contribution in [0.2, 0.25) is 0 Å². The van der Waals surface area contributed by atoms with E-state index in [0.717, 1.165) is 25.8 Å². The maximum atomic E-state index is 12.2. The first-order valence-corrected chi connectivity index (χ1v) is 6.84. The van der Waals surface area contributed by atoms with Crippen LogP contribution in [0, 0.1) is 11.8 Å². The zero-order valence-corrected chi connectivity index (χ0v) is 11.1. The Morgan fingerprint density at radius 3 is 3.11 bits per heavy atom. The largest absolute Gasteiger partial charge is 0.449 e. The molecule has 3 atom stereocenters. The standard InChI is InChI=1S/C13H22N2O3/c1-3-4-9(2)12(16)15-6-5-10-8-18-13(17)14-11(10)7-15/h9-11H,3-8H2,1-2H3,(H,14,17)/t9?,10-,11+/m1/s1. The topological polar surface area (TPSA) is 58.6 Å². The molecule has 0 spiro atoms. The zero-order chi connectivity index (χ0) is 13.1. The summed E-state index contributed by atoms with van der Waals surface area (Å²) >= 11 is 0. The average Bonchev–Trinajstić information content (AvgIpc) is 2.37. The van der Waals surface area contributed by atoms with Crippen molar-refractivity contribution in [3.8, 4) is 0 Å². The molecule has 2 amide bonds. The van der Waals surface area contributed by atoms with Crippen LogP contribution in [0.1, 0.15) is 33.1 Å². The van der Waals surface area contributed by atoms with Crippen molar-refractivity contribution in [2.24, 2.45) is 11.8 Å². The lowest BCUT2D eigenvalue weighted by atomic mass is 9.90. The van der Waals surface area contributed by atoms with E-state index in [1.54, 1.807) is 0 Å². The third kappa shape index (κ3) is 2.76. The Labute approximate surface area is 108 Å². The zero-order valence-electron chi connectivity index (χ0n) is 11.1. The summed E-state index contributed by atoms with van der Waals surface area (Å²) in [7, 11) is 0. The summed E-state index contributed by atoms with van der Waals surface area (Å²) in [4.78, 5) is 25.3. The summed E-state index contributed by atoms with van der Waals surface area (Å²) in [6, 6.07) is 0.0674. The fourth-order valence-corrected chi connectivity index (χ4v) is 2.81. The molecular weight excluding hydrogens is 232 g/mol. The van der Waals surface area contributed by atoms with Gasteiger partial charge >= 0.3 is 6.09 Å². The number of carbonyl (C=O) groups excluding carboxylic acids is 2. The van der Waals surface area contributed by atoms with Gasteiger partial charge in [-0.05, 0) is 12.8 Å². The fraction of sp³-hybridized carbons (Fsp3) is 0.846. The van der Waals surface area contributed by atoms with Gasteiger partial charge in [0, 0.05) is 24.9 Å². The van der Waals surface area contributed by atoms with Crippen LogP contribution in [0.15, 0.2) is 0 Å². The first-order valence-electron chi connectivity index (χ1n) is 6.84. The van der Waals surface area contributed by atoms with E-state index >= 15 is 0 Å². The van der Waals surface area contributed by atoms with Gasteiger partial charge in [0.25, 0.3) is 0 Å². The van der Waals surface area contributed by atoms with Crippen LogP contribution in [-0.2, 0) is 9.53 Å². The third-order valence-corrected chi connectivity index (χ3v) is 3.94. The molecular formula is C13H22N2O3. The van der Waals surface area contributed by atoms with Crippen LogP contribution < -0.4 is 5.32 Å². The van der Waals surface area contributed by atoms with Crippen LogP contribution in [0.4, 0.5) is 4.79 Å². The molecule has 5 nitrogen and oxygen atoms in total. The molecule has 2 aliphatic heterocycles. The number of cyclic esters (lactones) is 1. The van der Waals surface area contributed by atoms with E-state index in [-0.39, 0.29) is 24.0 Å². The molecule has 0 saturated carbocycles. The monoisotopic (exact) mass is 254 g/mol. The van der Waals surface area contributed by atoms with E-state index in [4.69, 9.17) is 4.74 Å². The minimum absolute atomic E-state index is 0.0674. The number of fused-ring (bicyclic) bond motifs is 1. The Hall–Kier alpha value is -1.26. The van der Waals surface area contributed by atoms with Crippen LogP contribution in [0.3, 0.4) is 0 Å². The number of nitrogens with zero attached hydrogens (tertiary/aromatic N) is 1. The normalized spacial score (nSPS) is 29.0. The fourth-order valence-electron chi connectivity index (χ4n) is 2.81. The molecule has 1 unspecified atom stereocenters. The van der Waals surface area contributed by atoms with Gasteiger partial charge in [-0.15, -0.1) is 0 Å². The highest BCUT2D eigenvalue weighted by Crippen LogP contribution is 2.23. The Balaban J connectivity index is 1.92. The Bertz CT molecular complexity index is 332. The van der Waals surface area contributed by atoms with E-state index in [0.29, 0.717) is 19.1 Å². The molecule has 2 aliphatic rings. The molecule has 2 heterocycles. The van der Waals surface area contributed by atoms with Gasteiger partial charge in [-0.1, -0.05) is 20.3 Å². The summed E-state index contributed by atoms with van der Waals surface area (Å²) in [5.74, 6) is 0.659. The highest BCUT2D eigenvalue weighted by molar-refractivity contribution is 5.78. The first kappa shape index (κ1) is 13.2. The van der Waals surface area contributed by atoms with Gasteiger partial charge < -0.3 is 15.0 Å². The van der Waals surface area contributed by atoms with Crippen LogP contribution in [0.25, 0.3) is 0 Å². The third-order valence-electron chi connectivity index (χ3n) is 3.94. The van der Waals surface area contributed by atoms with Crippen molar-refractivity contribution in [1.82, 2.24) is 10.2 Å². The van der Waals surface area contributed by atoms with Gasteiger partial charge in [0.2, 0.25) is 5.91 Å². The smallest absolute Gasteiger partial charge is 0.407 e. The molecule has 0 radical (unpaired) electrons. The molecule has 2 rings (SSSR count). The van der Waals surface area contributed by atoms with Gasteiger partial charge in [0.05, 0.1) is 12.6 Å². The van der Waals surface area contributed by atoms with E-state index < -0.39 is 0 Å². The number of hydrogen-bond acceptors (Lipinski definition) is 3. The second kappa shape index (κ2) is 5.59. The Morgan fingerprint density at radius 1 is 1.61 bits per heavy atom. The molecule has 0 aromatic rings. The number of carbonyl (C=O) groups is 2. The predicted octanol–water partition coefficient (Wildman–Crippen LogP) is 1.38. The lowest BCUT2D eigenvalue weighted by Crippen LogP contribution is -2.58. The number of amides is 2. The molecule has 2 saturated heterocycles. The quantitative estimate of drug-likeness (QED) is 0.827. The minimum atomic E-state index is -0.354. The molecule has 18 heavy (non-hydrogen) atoms. The molecule has 0 aromatic heterocycles. The van der Waals surface area contributed by atoms with E-state index in [2.05, 4.69) is 12.2 Å². The summed E-state index contributed by atoms with van der Waals surface area (Å²) in [6.45, 7) is 5.98. The molecule has 102 valence electrons. The highest BCUT2D eigenvalue weighted by atomic mass is 16.6. The van der Waals surface area contributed by atoms with Gasteiger partial charge in [-0.3, -0.25) is 4.79 Å². The van der Waals surface area contributed by atoms with Crippen LogP contribution in [0.5, 0.6) is 0 Å². The second-order valence-corrected chi connectivity index (χ2v) is 5.37. The Kier molecular flexibility index (Phi) is 4.09. The number of likely N-dealkylation sites (tertiary alicyclic amines) is 1. The summed E-state index contributed by atoms with van der Waals surface area (Å²) < 4.78 is 4.98. The number of nitrogens with one attached hydrogen (secondary N) is 1. The number of ether oxygens (including phenoxy) is 1. The van der Waals surface area contributed by atoms with E-state index in [1.807, 2.05) is 11.8 Å².